The van der Waals surface area contributed by atoms with Crippen LogP contribution in [0.1, 0.15) is 42.7 Å². The second-order valence-electron chi connectivity index (χ2n) is 8.02. The summed E-state index contributed by atoms with van der Waals surface area (Å²) in [5, 5.41) is 5.73. The number of urea groups is 1. The molecule has 0 fully saturated rings. The van der Waals surface area contributed by atoms with Gasteiger partial charge in [-0.1, -0.05) is 48.0 Å². The van der Waals surface area contributed by atoms with Crippen molar-refractivity contribution in [2.75, 3.05) is 19.0 Å². The number of ether oxygens (including phenoxy) is 1. The number of esters is 1. The maximum Gasteiger partial charge on any atom is 0.338 e. The molecule has 1 atom stereocenters. The summed E-state index contributed by atoms with van der Waals surface area (Å²) in [5.41, 5.74) is 2.60. The van der Waals surface area contributed by atoms with Crippen LogP contribution in [0.3, 0.4) is 0 Å². The number of nitrogens with one attached hydrogen (secondary N) is 2. The molecule has 1 aliphatic rings. The molecule has 0 spiro atoms. The molecule has 8 heteroatoms. The van der Waals surface area contributed by atoms with E-state index >= 15 is 0 Å². The number of hydrogen-bond acceptors (Lipinski definition) is 4. The van der Waals surface area contributed by atoms with Crippen LogP contribution in [0.4, 0.5) is 10.5 Å². The molecule has 168 valence electrons. The van der Waals surface area contributed by atoms with Gasteiger partial charge in [0, 0.05) is 28.5 Å². The van der Waals surface area contributed by atoms with Gasteiger partial charge in [0.15, 0.2) is 0 Å². The summed E-state index contributed by atoms with van der Waals surface area (Å²) in [4.78, 5) is 39.4. The monoisotopic (exact) mass is 499 g/mol. The zero-order valence-corrected chi connectivity index (χ0v) is 20.0. The molecule has 1 unspecified atom stereocenters. The summed E-state index contributed by atoms with van der Waals surface area (Å²) in [6, 6.07) is 13.1. The fraction of sp³-hybridized carbons (Fsp3) is 0.292. The van der Waals surface area contributed by atoms with Crippen LogP contribution in [-0.4, -0.2) is 36.5 Å². The normalized spacial score (nSPS) is 16.1. The Balaban J connectivity index is 1.90. The van der Waals surface area contributed by atoms with E-state index in [1.54, 1.807) is 56.4 Å². The van der Waals surface area contributed by atoms with Crippen molar-refractivity contribution < 1.29 is 19.1 Å². The first-order valence-electron chi connectivity index (χ1n) is 10.3. The SMILES string of the molecule is CC1=C(C(=O)OCC(C)C)C(c2cccc(NC(=O)c3cccc(Br)c3)c2)NC(=O)N1C. The van der Waals surface area contributed by atoms with Crippen LogP contribution in [0, 0.1) is 5.92 Å². The summed E-state index contributed by atoms with van der Waals surface area (Å²) >= 11 is 3.36. The molecule has 3 rings (SSSR count). The van der Waals surface area contributed by atoms with Crippen molar-refractivity contribution in [3.63, 3.8) is 0 Å². The average molecular weight is 500 g/mol. The molecular weight excluding hydrogens is 474 g/mol. The minimum atomic E-state index is -0.693. The molecule has 0 bridgehead atoms. The number of benzene rings is 2. The van der Waals surface area contributed by atoms with Crippen molar-refractivity contribution in [2.24, 2.45) is 5.92 Å². The van der Waals surface area contributed by atoms with E-state index in [9.17, 15) is 14.4 Å². The van der Waals surface area contributed by atoms with Crippen molar-refractivity contribution in [1.29, 1.82) is 0 Å². The topological polar surface area (TPSA) is 87.7 Å². The first-order chi connectivity index (χ1) is 15.2. The van der Waals surface area contributed by atoms with E-state index in [4.69, 9.17) is 4.74 Å². The highest BCUT2D eigenvalue weighted by Crippen LogP contribution is 2.32. The number of hydrogen-bond donors (Lipinski definition) is 2. The third-order valence-corrected chi connectivity index (χ3v) is 5.58. The van der Waals surface area contributed by atoms with Gasteiger partial charge in [-0.3, -0.25) is 4.79 Å². The zero-order valence-electron chi connectivity index (χ0n) is 18.4. The number of anilines is 1. The zero-order chi connectivity index (χ0) is 23.4. The molecule has 32 heavy (non-hydrogen) atoms. The van der Waals surface area contributed by atoms with Gasteiger partial charge in [-0.15, -0.1) is 0 Å². The summed E-state index contributed by atoms with van der Waals surface area (Å²) < 4.78 is 6.27. The molecular formula is C24H26BrN3O4. The molecule has 0 saturated carbocycles. The summed E-state index contributed by atoms with van der Waals surface area (Å²) in [7, 11) is 1.60. The van der Waals surface area contributed by atoms with E-state index in [1.165, 1.54) is 4.90 Å². The Morgan fingerprint density at radius 1 is 1.19 bits per heavy atom. The van der Waals surface area contributed by atoms with Gasteiger partial charge >= 0.3 is 12.0 Å². The van der Waals surface area contributed by atoms with Crippen molar-refractivity contribution in [1.82, 2.24) is 10.2 Å². The lowest BCUT2D eigenvalue weighted by Crippen LogP contribution is -2.46. The van der Waals surface area contributed by atoms with E-state index in [-0.39, 0.29) is 24.5 Å². The van der Waals surface area contributed by atoms with Crippen LogP contribution in [-0.2, 0) is 9.53 Å². The van der Waals surface area contributed by atoms with Crippen LogP contribution in [0.15, 0.2) is 64.3 Å². The maximum absolute atomic E-state index is 12.9. The summed E-state index contributed by atoms with van der Waals surface area (Å²) in [6.45, 7) is 5.91. The van der Waals surface area contributed by atoms with Gasteiger partial charge < -0.3 is 20.3 Å². The Morgan fingerprint density at radius 3 is 2.59 bits per heavy atom. The van der Waals surface area contributed by atoms with Crippen LogP contribution < -0.4 is 10.6 Å². The Bertz CT molecular complexity index is 1080. The molecule has 0 saturated heterocycles. The van der Waals surface area contributed by atoms with Gasteiger partial charge in [0.25, 0.3) is 5.91 Å². The fourth-order valence-corrected chi connectivity index (χ4v) is 3.70. The maximum atomic E-state index is 12.9. The molecule has 0 aromatic heterocycles. The second-order valence-corrected chi connectivity index (χ2v) is 8.94. The van der Waals surface area contributed by atoms with Gasteiger partial charge in [0.2, 0.25) is 0 Å². The fourth-order valence-electron chi connectivity index (χ4n) is 3.30. The summed E-state index contributed by atoms with van der Waals surface area (Å²) in [5.74, 6) is -0.554. The highest BCUT2D eigenvalue weighted by atomic mass is 79.9. The number of nitrogens with zero attached hydrogens (tertiary/aromatic N) is 1. The van der Waals surface area contributed by atoms with E-state index in [2.05, 4.69) is 26.6 Å². The molecule has 2 N–H and O–H groups in total. The van der Waals surface area contributed by atoms with Crippen molar-refractivity contribution in [3.05, 3.63) is 75.4 Å². The predicted molar refractivity (Wildman–Crippen MR) is 126 cm³/mol. The lowest BCUT2D eigenvalue weighted by Gasteiger charge is -2.33. The molecule has 7 nitrogen and oxygen atoms in total. The van der Waals surface area contributed by atoms with Gasteiger partial charge in [-0.05, 0) is 48.7 Å². The first-order valence-corrected chi connectivity index (χ1v) is 11.1. The quantitative estimate of drug-likeness (QED) is 0.554. The highest BCUT2D eigenvalue weighted by molar-refractivity contribution is 9.10. The lowest BCUT2D eigenvalue weighted by atomic mass is 9.94. The van der Waals surface area contributed by atoms with Crippen LogP contribution in [0.25, 0.3) is 0 Å². The number of halogens is 1. The molecule has 3 amide bonds. The molecule has 2 aromatic carbocycles. The lowest BCUT2D eigenvalue weighted by molar-refractivity contribution is -0.140. The molecule has 2 aromatic rings. The smallest absolute Gasteiger partial charge is 0.338 e. The predicted octanol–water partition coefficient (Wildman–Crippen LogP) is 4.87. The first kappa shape index (κ1) is 23.5. The largest absolute Gasteiger partial charge is 0.462 e. The number of rotatable bonds is 6. The number of allylic oxidation sites excluding steroid dienone is 1. The van der Waals surface area contributed by atoms with Gasteiger partial charge in [-0.2, -0.15) is 0 Å². The Morgan fingerprint density at radius 2 is 1.91 bits per heavy atom. The highest BCUT2D eigenvalue weighted by Gasteiger charge is 2.35. The number of carbonyl (C=O) groups is 3. The standard InChI is InChI=1S/C24H26BrN3O4/c1-14(2)13-32-23(30)20-15(3)28(4)24(31)27-21(20)16-7-6-10-19(12-16)26-22(29)17-8-5-9-18(25)11-17/h5-12,14,21H,13H2,1-4H3,(H,26,29)(H,27,31). The Labute approximate surface area is 195 Å². The van der Waals surface area contributed by atoms with Crippen LogP contribution >= 0.6 is 15.9 Å². The third kappa shape index (κ3) is 5.37. The van der Waals surface area contributed by atoms with Crippen LogP contribution in [0.5, 0.6) is 0 Å². The van der Waals surface area contributed by atoms with Crippen molar-refractivity contribution in [2.45, 2.75) is 26.8 Å². The molecule has 1 aliphatic heterocycles. The Hall–Kier alpha value is -3.13. The van der Waals surface area contributed by atoms with E-state index in [0.29, 0.717) is 28.1 Å². The van der Waals surface area contributed by atoms with Crippen molar-refractivity contribution >= 4 is 39.5 Å². The molecule has 1 heterocycles. The average Bonchev–Trinajstić information content (AvgIpc) is 2.75. The Kier molecular flexibility index (Phi) is 7.35. The van der Waals surface area contributed by atoms with E-state index in [1.807, 2.05) is 19.9 Å². The van der Waals surface area contributed by atoms with Gasteiger partial charge in [0.05, 0.1) is 18.2 Å². The second kappa shape index (κ2) is 9.99. The van der Waals surface area contributed by atoms with E-state index < -0.39 is 12.0 Å². The summed E-state index contributed by atoms with van der Waals surface area (Å²) in [6.07, 6.45) is 0. The minimum absolute atomic E-state index is 0.186. The van der Waals surface area contributed by atoms with E-state index in [0.717, 1.165) is 4.47 Å². The minimum Gasteiger partial charge on any atom is -0.462 e. The molecule has 0 radical (unpaired) electrons. The van der Waals surface area contributed by atoms with Gasteiger partial charge in [-0.25, -0.2) is 9.59 Å². The van der Waals surface area contributed by atoms with Gasteiger partial charge in [0.1, 0.15) is 0 Å². The third-order valence-electron chi connectivity index (χ3n) is 5.09. The van der Waals surface area contributed by atoms with Crippen LogP contribution in [0.2, 0.25) is 0 Å². The number of amides is 3. The molecule has 0 aliphatic carbocycles. The number of carbonyl (C=O) groups excluding carboxylic acids is 3. The van der Waals surface area contributed by atoms with Crippen molar-refractivity contribution in [3.8, 4) is 0 Å².